The van der Waals surface area contributed by atoms with Crippen molar-refractivity contribution in [2.75, 3.05) is 13.2 Å². The van der Waals surface area contributed by atoms with Crippen LogP contribution in [0.15, 0.2) is 35.8 Å². The van der Waals surface area contributed by atoms with Crippen LogP contribution in [-0.2, 0) is 4.74 Å². The van der Waals surface area contributed by atoms with Gasteiger partial charge in [-0.25, -0.2) is 0 Å². The molecule has 0 radical (unpaired) electrons. The molecule has 0 aliphatic carbocycles. The van der Waals surface area contributed by atoms with Crippen molar-refractivity contribution in [1.29, 1.82) is 0 Å². The summed E-state index contributed by atoms with van der Waals surface area (Å²) in [5.41, 5.74) is 2.22. The van der Waals surface area contributed by atoms with Crippen molar-refractivity contribution >= 4 is 0 Å². The van der Waals surface area contributed by atoms with E-state index in [-0.39, 0.29) is 0 Å². The van der Waals surface area contributed by atoms with Gasteiger partial charge in [-0.15, -0.1) is 0 Å². The number of allylic oxidation sites excluding steroid dienone is 3. The van der Waals surface area contributed by atoms with Gasteiger partial charge in [0, 0.05) is 6.54 Å². The molecule has 0 bridgehead atoms. The molecule has 0 spiro atoms. The fraction of sp³-hybridized carbons (Fsp3) is 0.571. The summed E-state index contributed by atoms with van der Waals surface area (Å²) in [5.74, 6) is 1.45. The molecule has 1 heterocycles. The Balaban J connectivity index is 2.81. The van der Waals surface area contributed by atoms with Crippen molar-refractivity contribution in [3.8, 4) is 0 Å². The lowest BCUT2D eigenvalue weighted by molar-refractivity contribution is 0.226. The second-order valence-electron chi connectivity index (χ2n) is 4.22. The zero-order valence-corrected chi connectivity index (χ0v) is 10.7. The van der Waals surface area contributed by atoms with E-state index < -0.39 is 0 Å². The molecule has 1 rings (SSSR count). The molecule has 0 aromatic heterocycles. The van der Waals surface area contributed by atoms with Crippen LogP contribution in [0, 0.1) is 5.92 Å². The van der Waals surface area contributed by atoms with Crippen LogP contribution in [0.25, 0.3) is 0 Å². The molecular weight excluding hydrogens is 198 g/mol. The number of hydrogen-bond acceptors (Lipinski definition) is 2. The van der Waals surface area contributed by atoms with Crippen molar-refractivity contribution in [3.05, 3.63) is 35.8 Å². The first-order valence-electron chi connectivity index (χ1n) is 6.12. The maximum Gasteiger partial charge on any atom is 0.142 e. The topological polar surface area (TPSA) is 21.3 Å². The Morgan fingerprint density at radius 1 is 1.62 bits per heavy atom. The van der Waals surface area contributed by atoms with Crippen LogP contribution in [0.5, 0.6) is 0 Å². The average molecular weight is 221 g/mol. The highest BCUT2D eigenvalue weighted by atomic mass is 16.5. The van der Waals surface area contributed by atoms with Crippen molar-refractivity contribution in [3.63, 3.8) is 0 Å². The Hall–Kier alpha value is -1.18. The van der Waals surface area contributed by atoms with Gasteiger partial charge < -0.3 is 10.1 Å². The molecule has 0 saturated carbocycles. The molecule has 1 aliphatic rings. The molecule has 0 amide bonds. The number of rotatable bonds is 3. The lowest BCUT2D eigenvalue weighted by Gasteiger charge is -2.13. The molecule has 90 valence electrons. The Bertz CT molecular complexity index is 302. The molecular formula is C14H23NO. The van der Waals surface area contributed by atoms with Crippen molar-refractivity contribution in [2.24, 2.45) is 5.92 Å². The van der Waals surface area contributed by atoms with E-state index in [1.807, 2.05) is 6.92 Å². The summed E-state index contributed by atoms with van der Waals surface area (Å²) >= 11 is 0. The second-order valence-corrected chi connectivity index (χ2v) is 4.22. The predicted molar refractivity (Wildman–Crippen MR) is 69.0 cm³/mol. The lowest BCUT2D eigenvalue weighted by atomic mass is 9.99. The molecule has 1 N–H and O–H groups in total. The van der Waals surface area contributed by atoms with Gasteiger partial charge in [0.1, 0.15) is 5.76 Å². The van der Waals surface area contributed by atoms with E-state index in [0.717, 1.165) is 43.0 Å². The van der Waals surface area contributed by atoms with E-state index >= 15 is 0 Å². The maximum absolute atomic E-state index is 5.74. The van der Waals surface area contributed by atoms with E-state index in [4.69, 9.17) is 4.74 Å². The van der Waals surface area contributed by atoms with Gasteiger partial charge in [0.15, 0.2) is 0 Å². The van der Waals surface area contributed by atoms with Crippen LogP contribution >= 0.6 is 0 Å². The van der Waals surface area contributed by atoms with Crippen LogP contribution in [0.2, 0.25) is 0 Å². The highest BCUT2D eigenvalue weighted by molar-refractivity contribution is 5.32. The Labute approximate surface area is 99.1 Å². The van der Waals surface area contributed by atoms with Gasteiger partial charge in [0.2, 0.25) is 0 Å². The Morgan fingerprint density at radius 3 is 3.00 bits per heavy atom. The van der Waals surface area contributed by atoms with Crippen LogP contribution < -0.4 is 5.32 Å². The summed E-state index contributed by atoms with van der Waals surface area (Å²) in [7, 11) is 0. The van der Waals surface area contributed by atoms with Gasteiger partial charge in [0.25, 0.3) is 0 Å². The summed E-state index contributed by atoms with van der Waals surface area (Å²) in [4.78, 5) is 0. The van der Waals surface area contributed by atoms with Crippen molar-refractivity contribution < 1.29 is 4.74 Å². The SMILES string of the molecule is C=C(/C=C1/OCCCN/C1=C/C)C(C)CC. The van der Waals surface area contributed by atoms with E-state index in [9.17, 15) is 0 Å². The first-order chi connectivity index (χ1) is 7.69. The van der Waals surface area contributed by atoms with Gasteiger partial charge in [0.05, 0.1) is 12.3 Å². The van der Waals surface area contributed by atoms with E-state index in [0.29, 0.717) is 5.92 Å². The van der Waals surface area contributed by atoms with Gasteiger partial charge in [-0.2, -0.15) is 0 Å². The van der Waals surface area contributed by atoms with E-state index in [1.165, 1.54) is 0 Å². The average Bonchev–Trinajstić information content (AvgIpc) is 2.52. The fourth-order valence-electron chi connectivity index (χ4n) is 1.58. The quantitative estimate of drug-likeness (QED) is 0.788. The van der Waals surface area contributed by atoms with Gasteiger partial charge in [-0.1, -0.05) is 26.5 Å². The second kappa shape index (κ2) is 6.41. The third-order valence-corrected chi connectivity index (χ3v) is 3.01. The Kier molecular flexibility index (Phi) is 5.17. The first kappa shape index (κ1) is 12.9. The predicted octanol–water partition coefficient (Wildman–Crippen LogP) is 3.39. The highest BCUT2D eigenvalue weighted by Crippen LogP contribution is 2.20. The minimum atomic E-state index is 0.512. The smallest absolute Gasteiger partial charge is 0.142 e. The van der Waals surface area contributed by atoms with Crippen molar-refractivity contribution in [1.82, 2.24) is 5.32 Å². The van der Waals surface area contributed by atoms with Crippen LogP contribution in [-0.4, -0.2) is 13.2 Å². The summed E-state index contributed by atoms with van der Waals surface area (Å²) in [5, 5.41) is 3.37. The van der Waals surface area contributed by atoms with Gasteiger partial charge >= 0.3 is 0 Å². The molecule has 1 fully saturated rings. The van der Waals surface area contributed by atoms with Crippen LogP contribution in [0.1, 0.15) is 33.6 Å². The van der Waals surface area contributed by atoms with E-state index in [2.05, 4.69) is 37.9 Å². The van der Waals surface area contributed by atoms with Crippen LogP contribution in [0.4, 0.5) is 0 Å². The fourth-order valence-corrected chi connectivity index (χ4v) is 1.58. The van der Waals surface area contributed by atoms with Crippen molar-refractivity contribution in [2.45, 2.75) is 33.6 Å². The molecule has 0 aromatic carbocycles. The first-order valence-corrected chi connectivity index (χ1v) is 6.12. The Morgan fingerprint density at radius 2 is 2.38 bits per heavy atom. The maximum atomic E-state index is 5.74. The molecule has 2 nitrogen and oxygen atoms in total. The molecule has 0 aromatic rings. The summed E-state index contributed by atoms with van der Waals surface area (Å²) in [6, 6.07) is 0. The van der Waals surface area contributed by atoms with Gasteiger partial charge in [-0.3, -0.25) is 0 Å². The molecule has 1 unspecified atom stereocenters. The minimum absolute atomic E-state index is 0.512. The van der Waals surface area contributed by atoms with E-state index in [1.54, 1.807) is 0 Å². The zero-order chi connectivity index (χ0) is 12.0. The molecule has 1 aliphatic heterocycles. The molecule has 1 saturated heterocycles. The molecule has 2 heteroatoms. The third kappa shape index (κ3) is 3.44. The third-order valence-electron chi connectivity index (χ3n) is 3.01. The minimum Gasteiger partial charge on any atom is -0.491 e. The largest absolute Gasteiger partial charge is 0.491 e. The van der Waals surface area contributed by atoms with Gasteiger partial charge in [-0.05, 0) is 37.3 Å². The monoisotopic (exact) mass is 221 g/mol. The number of ether oxygens (including phenoxy) is 1. The highest BCUT2D eigenvalue weighted by Gasteiger charge is 2.11. The summed E-state index contributed by atoms with van der Waals surface area (Å²) in [6.45, 7) is 12.3. The summed E-state index contributed by atoms with van der Waals surface area (Å²) in [6.07, 6.45) is 6.29. The molecule has 16 heavy (non-hydrogen) atoms. The van der Waals surface area contributed by atoms with Crippen LogP contribution in [0.3, 0.4) is 0 Å². The standard InChI is InChI=1S/C14H23NO/c1-5-11(3)12(4)10-14-13(6-2)15-8-7-9-16-14/h6,10-11,15H,4-5,7-9H2,1-3H3/b13-6+,14-10+. The number of nitrogens with one attached hydrogen (secondary N) is 1. The molecule has 1 atom stereocenters. The lowest BCUT2D eigenvalue weighted by Crippen LogP contribution is -2.13. The summed E-state index contributed by atoms with van der Waals surface area (Å²) < 4.78 is 5.74. The normalized spacial score (nSPS) is 23.4. The zero-order valence-electron chi connectivity index (χ0n) is 10.7. The number of hydrogen-bond donors (Lipinski definition) is 1.